The lowest BCUT2D eigenvalue weighted by molar-refractivity contribution is 0.601. The van der Waals surface area contributed by atoms with Crippen LogP contribution in [-0.4, -0.2) is 18.4 Å². The summed E-state index contributed by atoms with van der Waals surface area (Å²) in [5.74, 6) is 1.49. The number of nitrogens with zero attached hydrogens (tertiary/aromatic N) is 2. The van der Waals surface area contributed by atoms with E-state index in [9.17, 15) is 8.42 Å². The summed E-state index contributed by atoms with van der Waals surface area (Å²) < 4.78 is 26.4. The van der Waals surface area contributed by atoms with Crippen LogP contribution >= 0.6 is 11.3 Å². The third-order valence-corrected chi connectivity index (χ3v) is 5.14. The number of sulfonamides is 1. The summed E-state index contributed by atoms with van der Waals surface area (Å²) in [7, 11) is -3.51. The molecule has 0 saturated heterocycles. The van der Waals surface area contributed by atoms with Gasteiger partial charge in [0.05, 0.1) is 23.0 Å². The van der Waals surface area contributed by atoms with E-state index in [2.05, 4.69) is 14.7 Å². The zero-order valence-corrected chi connectivity index (χ0v) is 11.7. The van der Waals surface area contributed by atoms with Crippen molar-refractivity contribution in [2.24, 2.45) is 5.92 Å². The van der Waals surface area contributed by atoms with Gasteiger partial charge in [0.2, 0.25) is 0 Å². The van der Waals surface area contributed by atoms with E-state index in [0.717, 1.165) is 12.2 Å². The zero-order valence-electron chi connectivity index (χ0n) is 10.1. The van der Waals surface area contributed by atoms with Gasteiger partial charge < -0.3 is 0 Å². The number of aromatic nitrogens is 2. The van der Waals surface area contributed by atoms with Gasteiger partial charge in [0, 0.05) is 11.8 Å². The largest absolute Gasteiger partial charge is 0.276 e. The molecule has 0 aliphatic heterocycles. The van der Waals surface area contributed by atoms with Crippen LogP contribution in [0.1, 0.15) is 18.7 Å². The minimum atomic E-state index is -3.51. The molecule has 0 spiro atoms. The minimum absolute atomic E-state index is 0.263. The van der Waals surface area contributed by atoms with Crippen LogP contribution in [0.4, 0.5) is 5.69 Å². The first kappa shape index (κ1) is 12.6. The van der Waals surface area contributed by atoms with Crippen LogP contribution in [0.25, 0.3) is 0 Å². The molecule has 2 heterocycles. The van der Waals surface area contributed by atoms with E-state index in [1.165, 1.54) is 36.6 Å². The van der Waals surface area contributed by atoms with Gasteiger partial charge in [-0.1, -0.05) is 0 Å². The molecule has 0 aromatic carbocycles. The van der Waals surface area contributed by atoms with Crippen molar-refractivity contribution in [1.29, 1.82) is 0 Å². The quantitative estimate of drug-likeness (QED) is 0.918. The highest BCUT2D eigenvalue weighted by Crippen LogP contribution is 2.31. The predicted octanol–water partition coefficient (Wildman–Crippen LogP) is 2.29. The second kappa shape index (κ2) is 4.90. The molecule has 1 saturated carbocycles. The molecule has 1 N–H and O–H groups in total. The third kappa shape index (κ3) is 3.10. The SMILES string of the molecule is O=S(=O)(Nc1cnc(CC2CC2)nc1)c1ccsc1. The average Bonchev–Trinajstić information content (AvgIpc) is 3.01. The van der Waals surface area contributed by atoms with Crippen molar-refractivity contribution in [2.75, 3.05) is 4.72 Å². The van der Waals surface area contributed by atoms with Crippen LogP contribution in [0.2, 0.25) is 0 Å². The molecule has 3 rings (SSSR count). The molecule has 1 fully saturated rings. The van der Waals surface area contributed by atoms with Crippen LogP contribution < -0.4 is 4.72 Å². The van der Waals surface area contributed by atoms with Gasteiger partial charge >= 0.3 is 0 Å². The Kier molecular flexibility index (Phi) is 3.24. The molecule has 100 valence electrons. The van der Waals surface area contributed by atoms with Gasteiger partial charge in [-0.2, -0.15) is 11.3 Å². The molecular formula is C12H13N3O2S2. The Morgan fingerprint density at radius 1 is 1.32 bits per heavy atom. The van der Waals surface area contributed by atoms with E-state index >= 15 is 0 Å². The lowest BCUT2D eigenvalue weighted by Crippen LogP contribution is -2.12. The van der Waals surface area contributed by atoms with Crippen LogP contribution in [0.3, 0.4) is 0 Å². The Hall–Kier alpha value is -1.47. The van der Waals surface area contributed by atoms with Crippen molar-refractivity contribution in [3.05, 3.63) is 35.0 Å². The molecule has 0 bridgehead atoms. The molecule has 5 nitrogen and oxygen atoms in total. The first-order valence-corrected chi connectivity index (χ1v) is 8.42. The van der Waals surface area contributed by atoms with Gasteiger partial charge in [-0.05, 0) is 30.2 Å². The standard InChI is InChI=1S/C12H13N3O2S2/c16-19(17,11-3-4-18-8-11)15-10-6-13-12(14-7-10)5-9-1-2-9/h3-4,6-9,15H,1-2,5H2. The molecule has 1 aliphatic rings. The molecule has 1 aliphatic carbocycles. The molecule has 7 heteroatoms. The first-order chi connectivity index (χ1) is 9.13. The van der Waals surface area contributed by atoms with Crippen LogP contribution in [0.5, 0.6) is 0 Å². The smallest absolute Gasteiger partial charge is 0.262 e. The fourth-order valence-corrected chi connectivity index (χ4v) is 3.77. The number of anilines is 1. The Bertz CT molecular complexity index is 647. The van der Waals surface area contributed by atoms with Gasteiger partial charge in [0.15, 0.2) is 0 Å². The van der Waals surface area contributed by atoms with Crippen LogP contribution in [0.15, 0.2) is 34.1 Å². The van der Waals surface area contributed by atoms with Crippen molar-refractivity contribution in [3.63, 3.8) is 0 Å². The van der Waals surface area contributed by atoms with Crippen molar-refractivity contribution in [3.8, 4) is 0 Å². The summed E-state index contributed by atoms with van der Waals surface area (Å²) >= 11 is 1.34. The fraction of sp³-hybridized carbons (Fsp3) is 0.333. The minimum Gasteiger partial charge on any atom is -0.276 e. The Morgan fingerprint density at radius 3 is 2.63 bits per heavy atom. The summed E-state index contributed by atoms with van der Waals surface area (Å²) in [6.45, 7) is 0. The number of hydrogen-bond donors (Lipinski definition) is 1. The van der Waals surface area contributed by atoms with Gasteiger partial charge in [0.1, 0.15) is 5.82 Å². The van der Waals surface area contributed by atoms with Gasteiger partial charge in [-0.3, -0.25) is 4.72 Å². The highest BCUT2D eigenvalue weighted by atomic mass is 32.2. The predicted molar refractivity (Wildman–Crippen MR) is 73.6 cm³/mol. The van der Waals surface area contributed by atoms with Gasteiger partial charge in [-0.25, -0.2) is 18.4 Å². The Morgan fingerprint density at radius 2 is 2.05 bits per heavy atom. The van der Waals surface area contributed by atoms with Crippen molar-refractivity contribution >= 4 is 27.0 Å². The maximum absolute atomic E-state index is 12.0. The van der Waals surface area contributed by atoms with Crippen LogP contribution in [0, 0.1) is 5.92 Å². The molecule has 0 amide bonds. The second-order valence-electron chi connectivity index (χ2n) is 4.60. The van der Waals surface area contributed by atoms with E-state index in [1.807, 2.05) is 0 Å². The monoisotopic (exact) mass is 295 g/mol. The van der Waals surface area contributed by atoms with Crippen molar-refractivity contribution in [1.82, 2.24) is 9.97 Å². The summed E-state index contributed by atoms with van der Waals surface area (Å²) in [6, 6.07) is 1.56. The molecule has 0 radical (unpaired) electrons. The zero-order chi connectivity index (χ0) is 13.3. The molecular weight excluding hydrogens is 282 g/mol. The van der Waals surface area contributed by atoms with Crippen LogP contribution in [-0.2, 0) is 16.4 Å². The van der Waals surface area contributed by atoms with Crippen molar-refractivity contribution < 1.29 is 8.42 Å². The maximum Gasteiger partial charge on any atom is 0.262 e. The van der Waals surface area contributed by atoms with E-state index in [1.54, 1.807) is 16.8 Å². The number of rotatable bonds is 5. The molecule has 19 heavy (non-hydrogen) atoms. The topological polar surface area (TPSA) is 72.0 Å². The average molecular weight is 295 g/mol. The third-order valence-electron chi connectivity index (χ3n) is 2.93. The molecule has 2 aromatic rings. The van der Waals surface area contributed by atoms with Crippen molar-refractivity contribution in [2.45, 2.75) is 24.2 Å². The molecule has 0 unspecified atom stereocenters. The summed E-state index contributed by atoms with van der Waals surface area (Å²) in [6.07, 6.45) is 6.42. The highest BCUT2D eigenvalue weighted by Gasteiger charge is 2.22. The lowest BCUT2D eigenvalue weighted by Gasteiger charge is -2.06. The van der Waals surface area contributed by atoms with E-state index in [0.29, 0.717) is 11.6 Å². The summed E-state index contributed by atoms with van der Waals surface area (Å²) in [5.41, 5.74) is 0.394. The fourth-order valence-electron chi connectivity index (χ4n) is 1.71. The maximum atomic E-state index is 12.0. The highest BCUT2D eigenvalue weighted by molar-refractivity contribution is 7.92. The lowest BCUT2D eigenvalue weighted by atomic mass is 10.3. The Labute approximate surface area is 115 Å². The first-order valence-electron chi connectivity index (χ1n) is 5.99. The van der Waals surface area contributed by atoms with Gasteiger partial charge in [0.25, 0.3) is 10.0 Å². The van der Waals surface area contributed by atoms with Gasteiger partial charge in [-0.15, -0.1) is 0 Å². The summed E-state index contributed by atoms with van der Waals surface area (Å²) in [4.78, 5) is 8.64. The molecule has 2 aromatic heterocycles. The normalized spacial score (nSPS) is 15.4. The number of nitrogens with one attached hydrogen (secondary N) is 1. The molecule has 0 atom stereocenters. The number of hydrogen-bond acceptors (Lipinski definition) is 5. The Balaban J connectivity index is 1.72. The van der Waals surface area contributed by atoms with E-state index in [4.69, 9.17) is 0 Å². The second-order valence-corrected chi connectivity index (χ2v) is 7.06. The van der Waals surface area contributed by atoms with E-state index < -0.39 is 10.0 Å². The summed E-state index contributed by atoms with van der Waals surface area (Å²) in [5, 5.41) is 3.31. The van der Waals surface area contributed by atoms with E-state index in [-0.39, 0.29) is 4.90 Å². The number of thiophene rings is 1.